The van der Waals surface area contributed by atoms with Gasteiger partial charge >= 0.3 is 6.03 Å². The first-order valence-corrected chi connectivity index (χ1v) is 10.9. The number of nitrogens with two attached hydrogens (primary N) is 1. The fourth-order valence-electron chi connectivity index (χ4n) is 4.34. The number of nitrogens with zero attached hydrogens (tertiary/aromatic N) is 1. The highest BCUT2D eigenvalue weighted by atomic mass is 19.1. The van der Waals surface area contributed by atoms with Crippen LogP contribution < -0.4 is 21.3 Å². The molecule has 1 aliphatic heterocycles. The van der Waals surface area contributed by atoms with E-state index in [1.807, 2.05) is 13.0 Å². The number of hydrogen-bond acceptors (Lipinski definition) is 3. The summed E-state index contributed by atoms with van der Waals surface area (Å²) in [5, 5.41) is 5.45. The summed E-state index contributed by atoms with van der Waals surface area (Å²) < 4.78 is 14.8. The molecule has 0 saturated heterocycles. The van der Waals surface area contributed by atoms with Crippen molar-refractivity contribution in [1.29, 1.82) is 0 Å². The van der Waals surface area contributed by atoms with E-state index in [0.29, 0.717) is 22.5 Å². The molecule has 3 aromatic rings. The minimum atomic E-state index is -1.03. The van der Waals surface area contributed by atoms with Gasteiger partial charge in [0, 0.05) is 17.3 Å². The third-order valence-corrected chi connectivity index (χ3v) is 5.81. The lowest BCUT2D eigenvalue weighted by Crippen LogP contribution is -2.51. The standard InChI is InChI=1S/C26H25FN4O3/c1-16-7-6-8-17(13-16)29-26(34)30-22-14-20(18-9-2-4-11-21(18)27)19-10-3-5-12-23(19)31(25(22)33)15-24(28)32/h2-13,20,22H,14-15H2,1H3,(H2,28,32)(H2,29,30,34). The lowest BCUT2D eigenvalue weighted by molar-refractivity contribution is -0.123. The first-order chi connectivity index (χ1) is 16.3. The van der Waals surface area contributed by atoms with Crippen LogP contribution >= 0.6 is 0 Å². The molecule has 0 radical (unpaired) electrons. The van der Waals surface area contributed by atoms with Crippen LogP contribution in [0.1, 0.15) is 29.0 Å². The Balaban J connectivity index is 1.72. The van der Waals surface area contributed by atoms with Crippen molar-refractivity contribution in [3.63, 3.8) is 0 Å². The Labute approximate surface area is 196 Å². The van der Waals surface area contributed by atoms with Gasteiger partial charge in [-0.05, 0) is 54.3 Å². The number of fused-ring (bicyclic) bond motifs is 1. The van der Waals surface area contributed by atoms with E-state index >= 15 is 0 Å². The van der Waals surface area contributed by atoms with Crippen LogP contribution in [0.3, 0.4) is 0 Å². The smallest absolute Gasteiger partial charge is 0.319 e. The number of carbonyl (C=O) groups excluding carboxylic acids is 3. The van der Waals surface area contributed by atoms with E-state index in [4.69, 9.17) is 5.73 Å². The first-order valence-electron chi connectivity index (χ1n) is 10.9. The predicted molar refractivity (Wildman–Crippen MR) is 128 cm³/mol. The zero-order chi connectivity index (χ0) is 24.2. The monoisotopic (exact) mass is 460 g/mol. The highest BCUT2D eigenvalue weighted by Gasteiger charge is 2.37. The van der Waals surface area contributed by atoms with Gasteiger partial charge in [0.2, 0.25) is 11.8 Å². The Morgan fingerprint density at radius 2 is 1.74 bits per heavy atom. The zero-order valence-corrected chi connectivity index (χ0v) is 18.6. The lowest BCUT2D eigenvalue weighted by Gasteiger charge is -2.25. The molecule has 3 aromatic carbocycles. The highest BCUT2D eigenvalue weighted by molar-refractivity contribution is 6.05. The van der Waals surface area contributed by atoms with E-state index in [1.54, 1.807) is 60.7 Å². The second-order valence-electron chi connectivity index (χ2n) is 8.28. The van der Waals surface area contributed by atoms with E-state index in [1.165, 1.54) is 11.0 Å². The van der Waals surface area contributed by atoms with Crippen LogP contribution in [0.25, 0.3) is 0 Å². The van der Waals surface area contributed by atoms with E-state index in [0.717, 1.165) is 5.56 Å². The van der Waals surface area contributed by atoms with Crippen LogP contribution in [0.15, 0.2) is 72.8 Å². The molecule has 1 aliphatic rings. The van der Waals surface area contributed by atoms with Crippen molar-refractivity contribution in [2.24, 2.45) is 5.73 Å². The van der Waals surface area contributed by atoms with Crippen molar-refractivity contribution in [2.45, 2.75) is 25.3 Å². The molecule has 0 fully saturated rings. The van der Waals surface area contributed by atoms with Gasteiger partial charge in [0.1, 0.15) is 18.4 Å². The average molecular weight is 461 g/mol. The number of carbonyl (C=O) groups is 3. The van der Waals surface area contributed by atoms with Crippen molar-refractivity contribution in [3.05, 3.63) is 95.3 Å². The van der Waals surface area contributed by atoms with Crippen LogP contribution in [-0.4, -0.2) is 30.4 Å². The minimum absolute atomic E-state index is 0.104. The number of aryl methyl sites for hydroxylation is 1. The number of rotatable bonds is 5. The number of primary amides is 1. The normalized spacial score (nSPS) is 17.5. The SMILES string of the molecule is Cc1cccc(NC(=O)NC2CC(c3ccccc3F)c3ccccc3N(CC(N)=O)C2=O)c1. The number of urea groups is 1. The fraction of sp³-hybridized carbons (Fsp3) is 0.192. The fourth-order valence-corrected chi connectivity index (χ4v) is 4.34. The quantitative estimate of drug-likeness (QED) is 0.541. The van der Waals surface area contributed by atoms with Crippen LogP contribution in [0.2, 0.25) is 0 Å². The van der Waals surface area contributed by atoms with Gasteiger partial charge in [0.25, 0.3) is 0 Å². The molecule has 7 nitrogen and oxygen atoms in total. The van der Waals surface area contributed by atoms with Crippen LogP contribution in [0, 0.1) is 12.7 Å². The van der Waals surface area contributed by atoms with Gasteiger partial charge in [-0.25, -0.2) is 9.18 Å². The predicted octanol–water partition coefficient (Wildman–Crippen LogP) is 3.68. The molecule has 4 amide bonds. The maximum absolute atomic E-state index is 14.8. The number of halogens is 1. The van der Waals surface area contributed by atoms with Crippen molar-refractivity contribution in [3.8, 4) is 0 Å². The summed E-state index contributed by atoms with van der Waals surface area (Å²) >= 11 is 0. The van der Waals surface area contributed by atoms with Crippen molar-refractivity contribution >= 4 is 29.2 Å². The summed E-state index contributed by atoms with van der Waals surface area (Å²) in [6.45, 7) is 1.54. The number of para-hydroxylation sites is 1. The van der Waals surface area contributed by atoms with E-state index in [-0.39, 0.29) is 13.0 Å². The van der Waals surface area contributed by atoms with Crippen LogP contribution in [0.5, 0.6) is 0 Å². The number of amides is 4. The lowest BCUT2D eigenvalue weighted by atomic mass is 9.85. The Morgan fingerprint density at radius 1 is 1.03 bits per heavy atom. The molecule has 0 saturated carbocycles. The summed E-state index contributed by atoms with van der Waals surface area (Å²) in [5.41, 5.74) is 8.50. The number of nitrogens with one attached hydrogen (secondary N) is 2. The second kappa shape index (κ2) is 9.74. The molecule has 2 unspecified atom stereocenters. The van der Waals surface area contributed by atoms with E-state index in [9.17, 15) is 18.8 Å². The molecular formula is C26H25FN4O3. The van der Waals surface area contributed by atoms with E-state index in [2.05, 4.69) is 10.6 Å². The Hall–Kier alpha value is -4.20. The van der Waals surface area contributed by atoms with Gasteiger partial charge in [-0.1, -0.05) is 48.5 Å². The molecule has 34 heavy (non-hydrogen) atoms. The molecule has 0 aliphatic carbocycles. The molecule has 4 N–H and O–H groups in total. The topological polar surface area (TPSA) is 105 Å². The number of benzene rings is 3. The summed E-state index contributed by atoms with van der Waals surface area (Å²) in [6.07, 6.45) is 0.104. The molecule has 4 rings (SSSR count). The zero-order valence-electron chi connectivity index (χ0n) is 18.6. The van der Waals surface area contributed by atoms with Crippen molar-refractivity contribution in [1.82, 2.24) is 5.32 Å². The second-order valence-corrected chi connectivity index (χ2v) is 8.28. The molecule has 174 valence electrons. The van der Waals surface area contributed by atoms with Crippen molar-refractivity contribution < 1.29 is 18.8 Å². The maximum atomic E-state index is 14.8. The Morgan fingerprint density at radius 3 is 2.44 bits per heavy atom. The Kier molecular flexibility index (Phi) is 6.58. The van der Waals surface area contributed by atoms with Gasteiger partial charge in [-0.15, -0.1) is 0 Å². The molecule has 0 aromatic heterocycles. The van der Waals surface area contributed by atoms with Crippen molar-refractivity contribution in [2.75, 3.05) is 16.8 Å². The van der Waals surface area contributed by atoms with Gasteiger partial charge < -0.3 is 21.3 Å². The average Bonchev–Trinajstić information content (AvgIpc) is 2.90. The minimum Gasteiger partial charge on any atom is -0.368 e. The summed E-state index contributed by atoms with van der Waals surface area (Å²) in [6, 6.07) is 19.0. The van der Waals surface area contributed by atoms with Gasteiger partial charge in [0.15, 0.2) is 0 Å². The maximum Gasteiger partial charge on any atom is 0.319 e. The summed E-state index contributed by atoms with van der Waals surface area (Å²) in [5.74, 6) is -2.15. The van der Waals surface area contributed by atoms with Gasteiger partial charge in [-0.3, -0.25) is 9.59 Å². The first kappa shape index (κ1) is 23.0. The Bertz CT molecular complexity index is 1250. The summed E-state index contributed by atoms with van der Waals surface area (Å²) in [7, 11) is 0. The molecule has 0 bridgehead atoms. The molecule has 1 heterocycles. The third kappa shape index (κ3) is 4.91. The highest BCUT2D eigenvalue weighted by Crippen LogP contribution is 2.39. The van der Waals surface area contributed by atoms with E-state index < -0.39 is 35.6 Å². The van der Waals surface area contributed by atoms with Gasteiger partial charge in [0.05, 0.1) is 0 Å². The van der Waals surface area contributed by atoms with Crippen LogP contribution in [-0.2, 0) is 9.59 Å². The molecule has 2 atom stereocenters. The van der Waals surface area contributed by atoms with Gasteiger partial charge in [-0.2, -0.15) is 0 Å². The summed E-state index contributed by atoms with van der Waals surface area (Å²) in [4.78, 5) is 39.4. The molecular weight excluding hydrogens is 435 g/mol. The molecule has 8 heteroatoms. The molecule has 0 spiro atoms. The number of hydrogen-bond donors (Lipinski definition) is 3. The largest absolute Gasteiger partial charge is 0.368 e. The van der Waals surface area contributed by atoms with Crippen LogP contribution in [0.4, 0.5) is 20.6 Å². The number of anilines is 2. The third-order valence-electron chi connectivity index (χ3n) is 5.81.